The molecule has 0 saturated carbocycles. The normalized spacial score (nSPS) is 18.9. The number of sulfonamides is 1. The van der Waals surface area contributed by atoms with Crippen LogP contribution in [0.3, 0.4) is 0 Å². The van der Waals surface area contributed by atoms with E-state index in [0.717, 1.165) is 28.2 Å². The fraction of sp³-hybridized carbons (Fsp3) is 0.417. The number of alkyl halides is 3. The van der Waals surface area contributed by atoms with Gasteiger partial charge in [0.1, 0.15) is 34.2 Å². The molecule has 4 rings (SSSR count). The lowest BCUT2D eigenvalue weighted by Crippen LogP contribution is -2.50. The number of nitrogens with one attached hydrogen (secondary N) is 1. The third kappa shape index (κ3) is 6.21. The van der Waals surface area contributed by atoms with Crippen LogP contribution in [0.4, 0.5) is 13.2 Å². The highest BCUT2D eigenvalue weighted by atomic mass is 32.2. The minimum absolute atomic E-state index is 0.0952. The number of nitrogens with zero attached hydrogens (tertiary/aromatic N) is 2. The highest BCUT2D eigenvalue weighted by molar-refractivity contribution is 7.89. The number of ether oxygens (including phenoxy) is 1. The van der Waals surface area contributed by atoms with Crippen LogP contribution in [-0.2, 0) is 36.2 Å². The third-order valence-electron chi connectivity index (χ3n) is 6.58. The van der Waals surface area contributed by atoms with Gasteiger partial charge >= 0.3 is 6.36 Å². The van der Waals surface area contributed by atoms with Gasteiger partial charge in [0, 0.05) is 18.7 Å². The van der Waals surface area contributed by atoms with Gasteiger partial charge in [-0.2, -0.15) is 0 Å². The van der Waals surface area contributed by atoms with Gasteiger partial charge in [-0.1, -0.05) is 18.2 Å². The van der Waals surface area contributed by atoms with E-state index in [9.17, 15) is 30.6 Å². The largest absolute Gasteiger partial charge is 0.573 e. The number of carbonyl (C=O) groups excluding carboxylic acids is 1. The van der Waals surface area contributed by atoms with Gasteiger partial charge in [-0.25, -0.2) is 12.7 Å². The minimum atomic E-state index is -4.85. The van der Waals surface area contributed by atoms with Gasteiger partial charge in [0.15, 0.2) is 4.90 Å². The molecule has 1 N–H and O–H groups in total. The van der Waals surface area contributed by atoms with Gasteiger partial charge < -0.3 is 10.1 Å². The van der Waals surface area contributed by atoms with Crippen LogP contribution >= 0.6 is 0 Å². The summed E-state index contributed by atoms with van der Waals surface area (Å²) in [6, 6.07) is 10.5. The Bertz CT molecular complexity index is 1370. The zero-order valence-corrected chi connectivity index (χ0v) is 21.9. The predicted molar refractivity (Wildman–Crippen MR) is 134 cm³/mol. The smallest absolute Gasteiger partial charge is 0.406 e. The van der Waals surface area contributed by atoms with Crippen molar-refractivity contribution >= 4 is 32.6 Å². The molecule has 1 amide bonds. The summed E-state index contributed by atoms with van der Waals surface area (Å²) in [6.45, 7) is 2.05. The number of piperidine rings is 1. The van der Waals surface area contributed by atoms with Crippen molar-refractivity contribution in [1.82, 2.24) is 9.62 Å². The van der Waals surface area contributed by atoms with Crippen LogP contribution in [-0.4, -0.2) is 61.5 Å². The number of aliphatic imine (C=N–C) groups is 1. The van der Waals surface area contributed by atoms with Crippen LogP contribution in [0.15, 0.2) is 52.4 Å². The Morgan fingerprint density at radius 1 is 1.16 bits per heavy atom. The van der Waals surface area contributed by atoms with Gasteiger partial charge in [0.05, 0.1) is 5.75 Å². The molecule has 37 heavy (non-hydrogen) atoms. The Labute approximate surface area is 215 Å². The van der Waals surface area contributed by atoms with Gasteiger partial charge in [-0.15, -0.1) is 17.4 Å². The molecule has 2 aromatic rings. The molecular formula is C24H27F3N3O5S2+. The fourth-order valence-corrected chi connectivity index (χ4v) is 6.63. The van der Waals surface area contributed by atoms with E-state index in [2.05, 4.69) is 15.0 Å². The van der Waals surface area contributed by atoms with Crippen molar-refractivity contribution in [2.24, 2.45) is 4.99 Å². The number of hydrogen-bond donors (Lipinski definition) is 1. The van der Waals surface area contributed by atoms with E-state index in [1.807, 2.05) is 13.0 Å². The maximum Gasteiger partial charge on any atom is 0.573 e. The van der Waals surface area contributed by atoms with Crippen LogP contribution in [0.25, 0.3) is 0 Å². The lowest BCUT2D eigenvalue weighted by Gasteiger charge is -2.34. The summed E-state index contributed by atoms with van der Waals surface area (Å²) < 4.78 is 80.7. The molecule has 2 aliphatic heterocycles. The molecule has 8 nitrogen and oxygen atoms in total. The third-order valence-corrected chi connectivity index (χ3v) is 9.46. The van der Waals surface area contributed by atoms with Crippen molar-refractivity contribution in [2.45, 2.75) is 43.0 Å². The molecule has 0 aromatic heterocycles. The van der Waals surface area contributed by atoms with E-state index in [1.54, 1.807) is 18.4 Å². The van der Waals surface area contributed by atoms with Crippen LogP contribution in [0.5, 0.6) is 5.75 Å². The lowest BCUT2D eigenvalue weighted by atomic mass is 9.89. The van der Waals surface area contributed by atoms with Crippen molar-refractivity contribution in [2.75, 3.05) is 25.1 Å². The predicted octanol–water partition coefficient (Wildman–Crippen LogP) is 2.86. The summed E-state index contributed by atoms with van der Waals surface area (Å²) in [4.78, 5) is 18.0. The van der Waals surface area contributed by atoms with Crippen LogP contribution < -0.4 is 10.1 Å². The number of amides is 1. The molecular weight excluding hydrogens is 531 g/mol. The van der Waals surface area contributed by atoms with E-state index in [-0.39, 0.29) is 43.1 Å². The maximum atomic E-state index is 13.0. The molecule has 1 unspecified atom stereocenters. The zero-order valence-electron chi connectivity index (χ0n) is 20.2. The molecule has 13 heteroatoms. The highest BCUT2D eigenvalue weighted by Crippen LogP contribution is 2.33. The van der Waals surface area contributed by atoms with Crippen molar-refractivity contribution in [3.63, 3.8) is 0 Å². The average molecular weight is 559 g/mol. The molecule has 200 valence electrons. The van der Waals surface area contributed by atoms with Crippen molar-refractivity contribution in [3.8, 4) is 5.75 Å². The highest BCUT2D eigenvalue weighted by Gasteiger charge is 2.47. The Morgan fingerprint density at radius 2 is 1.86 bits per heavy atom. The lowest BCUT2D eigenvalue weighted by molar-refractivity contribution is -0.274. The second kappa shape index (κ2) is 10.2. The van der Waals surface area contributed by atoms with Crippen molar-refractivity contribution in [3.05, 3.63) is 59.2 Å². The molecule has 1 fully saturated rings. The Balaban J connectivity index is 1.42. The van der Waals surface area contributed by atoms with E-state index in [4.69, 9.17) is 0 Å². The van der Waals surface area contributed by atoms with E-state index in [0.29, 0.717) is 6.42 Å². The molecule has 1 atom stereocenters. The molecule has 0 aliphatic carbocycles. The Morgan fingerprint density at radius 3 is 2.49 bits per heavy atom. The number of thiol groups is 1. The SMILES string of the molecule is Cc1cc([SH+](C)=O)ccc1CCS(=O)(=O)N1CCC2(CC1)N=C(c1cccc(OC(F)(F)F)c1)NC2=O. The van der Waals surface area contributed by atoms with E-state index in [1.165, 1.54) is 16.4 Å². The van der Waals surface area contributed by atoms with Crippen LogP contribution in [0.1, 0.15) is 29.5 Å². The minimum Gasteiger partial charge on any atom is -0.406 e. The number of aryl methyl sites for hydroxylation is 2. The van der Waals surface area contributed by atoms with Gasteiger partial charge in [-0.3, -0.25) is 9.79 Å². The molecule has 2 aromatic carbocycles. The van der Waals surface area contributed by atoms with Crippen molar-refractivity contribution < 1.29 is 35.3 Å². The quantitative estimate of drug-likeness (QED) is 0.416. The van der Waals surface area contributed by atoms with Gasteiger partial charge in [0.25, 0.3) is 5.91 Å². The van der Waals surface area contributed by atoms with Crippen LogP contribution in [0, 0.1) is 6.92 Å². The van der Waals surface area contributed by atoms with Gasteiger partial charge in [0.2, 0.25) is 10.0 Å². The Kier molecular flexibility index (Phi) is 7.50. The molecule has 0 radical (unpaired) electrons. The number of benzene rings is 2. The summed E-state index contributed by atoms with van der Waals surface area (Å²) in [6.07, 6.45) is -2.63. The standard InChI is InChI=1S/C24H26F3N3O5S2/c1-16-14-20(36(2)32)7-6-17(16)8-13-37(33,34)30-11-9-23(10-12-30)22(31)28-21(29-23)18-4-3-5-19(15-18)35-24(25,26)27/h3-7,14-15H,8-13H2,1-2H3,(H,28,29,31)/p+1. The maximum absolute atomic E-state index is 13.0. The zero-order chi connectivity index (χ0) is 27.0. The first-order valence-corrected chi connectivity index (χ1v) is 14.9. The van der Waals surface area contributed by atoms with Crippen LogP contribution in [0.2, 0.25) is 0 Å². The summed E-state index contributed by atoms with van der Waals surface area (Å²) in [5, 5.41) is 2.62. The first-order chi connectivity index (χ1) is 17.3. The average Bonchev–Trinajstić information content (AvgIpc) is 3.13. The summed E-state index contributed by atoms with van der Waals surface area (Å²) in [7, 11) is -5.08. The molecule has 2 aliphatic rings. The summed E-state index contributed by atoms with van der Waals surface area (Å²) in [5.74, 6) is -0.823. The topological polar surface area (TPSA) is 105 Å². The summed E-state index contributed by atoms with van der Waals surface area (Å²) in [5.41, 5.74) is 0.824. The molecule has 1 spiro atoms. The number of rotatable bonds is 7. The van der Waals surface area contributed by atoms with E-state index >= 15 is 0 Å². The molecule has 1 saturated heterocycles. The summed E-state index contributed by atoms with van der Waals surface area (Å²) >= 11 is 0. The Hall–Kier alpha value is -2.77. The molecule has 0 bridgehead atoms. The fourth-order valence-electron chi connectivity index (χ4n) is 4.49. The second-order valence-corrected chi connectivity index (χ2v) is 12.7. The van der Waals surface area contributed by atoms with Crippen molar-refractivity contribution in [1.29, 1.82) is 0 Å². The number of amidine groups is 1. The number of carbonyl (C=O) groups is 1. The first-order valence-electron chi connectivity index (χ1n) is 11.5. The second-order valence-electron chi connectivity index (χ2n) is 9.10. The number of hydrogen-bond acceptors (Lipinski definition) is 6. The van der Waals surface area contributed by atoms with Gasteiger partial charge in [-0.05, 0) is 61.6 Å². The molecule has 2 heterocycles. The van der Waals surface area contributed by atoms with E-state index < -0.39 is 44.4 Å². The monoisotopic (exact) mass is 558 g/mol. The first kappa shape index (κ1) is 27.3. The number of halogens is 3.